The molecule has 3 nitrogen and oxygen atoms in total. The highest BCUT2D eigenvalue weighted by molar-refractivity contribution is 5.35. The van der Waals surface area contributed by atoms with Gasteiger partial charge in [-0.1, -0.05) is 140 Å². The molecule has 0 heterocycles. The van der Waals surface area contributed by atoms with Gasteiger partial charge in [0.05, 0.1) is 0 Å². The standard InChI is InChI=1S/C11H14.2C10H14.C2H6.3CH4O/c1-8-7-10-5-3-4-6-11(10)9(8)2;2*1-3-9(2)10-7-5-4-6-8-10;4*1-2/h3-6,8-9H,7H2,1-2H3;2*4-9H,3H2,1-2H3;1-2H3;3*2H,1H3. The highest BCUT2D eigenvalue weighted by atomic mass is 16.2. The summed E-state index contributed by atoms with van der Waals surface area (Å²) in [7, 11) is 3.00. The summed E-state index contributed by atoms with van der Waals surface area (Å²) in [6.07, 6.45) is 3.73. The van der Waals surface area contributed by atoms with Gasteiger partial charge in [-0.3, -0.25) is 0 Å². The Morgan fingerprint density at radius 2 is 0.923 bits per heavy atom. The van der Waals surface area contributed by atoms with Gasteiger partial charge in [0.2, 0.25) is 0 Å². The molecular formula is C36H60O3. The van der Waals surface area contributed by atoms with Crippen LogP contribution in [0, 0.1) is 5.92 Å². The monoisotopic (exact) mass is 540 g/mol. The first kappa shape index (κ1) is 41.0. The van der Waals surface area contributed by atoms with Crippen LogP contribution in [-0.2, 0) is 6.42 Å². The topological polar surface area (TPSA) is 60.7 Å². The summed E-state index contributed by atoms with van der Waals surface area (Å²) in [5.74, 6) is 3.03. The van der Waals surface area contributed by atoms with Crippen molar-refractivity contribution in [3.8, 4) is 0 Å². The molecular weight excluding hydrogens is 480 g/mol. The molecule has 4 atom stereocenters. The second-order valence-electron chi connectivity index (χ2n) is 9.11. The maximum atomic E-state index is 7.00. The smallest absolute Gasteiger partial charge is 0.0319 e. The largest absolute Gasteiger partial charge is 0.400 e. The Balaban J connectivity index is -0.000000441. The Bertz CT molecular complexity index is 819. The first-order valence-corrected chi connectivity index (χ1v) is 14.5. The molecule has 0 amide bonds. The van der Waals surface area contributed by atoms with Crippen molar-refractivity contribution in [2.24, 2.45) is 5.92 Å². The molecule has 0 bridgehead atoms. The molecule has 3 heteroatoms. The molecule has 3 aromatic rings. The fourth-order valence-corrected chi connectivity index (χ4v) is 4.03. The second kappa shape index (κ2) is 28.5. The van der Waals surface area contributed by atoms with Crippen molar-refractivity contribution in [2.75, 3.05) is 21.3 Å². The molecule has 0 aromatic heterocycles. The molecule has 0 radical (unpaired) electrons. The molecule has 3 N–H and O–H groups in total. The van der Waals surface area contributed by atoms with Crippen LogP contribution in [0.5, 0.6) is 0 Å². The maximum absolute atomic E-state index is 7.00. The lowest BCUT2D eigenvalue weighted by molar-refractivity contribution is 0.399. The summed E-state index contributed by atoms with van der Waals surface area (Å²) >= 11 is 0. The zero-order chi connectivity index (χ0) is 30.6. The quantitative estimate of drug-likeness (QED) is 0.309. The Hall–Kier alpha value is -2.46. The minimum absolute atomic E-state index is 0.709. The van der Waals surface area contributed by atoms with Gasteiger partial charge in [-0.2, -0.15) is 0 Å². The molecule has 39 heavy (non-hydrogen) atoms. The van der Waals surface area contributed by atoms with Crippen LogP contribution in [0.1, 0.15) is 108 Å². The van der Waals surface area contributed by atoms with Crippen LogP contribution >= 0.6 is 0 Å². The van der Waals surface area contributed by atoms with Gasteiger partial charge in [-0.25, -0.2) is 0 Å². The Kier molecular flexibility index (Phi) is 30.0. The zero-order valence-electron chi connectivity index (χ0n) is 26.9. The van der Waals surface area contributed by atoms with E-state index in [-0.39, 0.29) is 0 Å². The fourth-order valence-electron chi connectivity index (χ4n) is 4.03. The number of rotatable bonds is 4. The van der Waals surface area contributed by atoms with E-state index in [1.54, 1.807) is 11.1 Å². The number of aliphatic hydroxyl groups is 3. The molecule has 0 saturated carbocycles. The predicted octanol–water partition coefficient (Wildman–Crippen LogP) is 9.23. The van der Waals surface area contributed by atoms with Crippen molar-refractivity contribution in [1.29, 1.82) is 0 Å². The van der Waals surface area contributed by atoms with Crippen molar-refractivity contribution >= 4 is 0 Å². The lowest BCUT2D eigenvalue weighted by atomic mass is 9.97. The van der Waals surface area contributed by atoms with Crippen molar-refractivity contribution < 1.29 is 15.3 Å². The number of benzene rings is 3. The van der Waals surface area contributed by atoms with Crippen molar-refractivity contribution in [2.45, 2.75) is 92.4 Å². The zero-order valence-corrected chi connectivity index (χ0v) is 26.9. The van der Waals surface area contributed by atoms with Gasteiger partial charge in [-0.05, 0) is 65.2 Å². The molecule has 0 spiro atoms. The van der Waals surface area contributed by atoms with Crippen molar-refractivity contribution in [3.63, 3.8) is 0 Å². The van der Waals surface area contributed by atoms with Crippen LogP contribution in [0.2, 0.25) is 0 Å². The van der Waals surface area contributed by atoms with E-state index in [0.717, 1.165) is 33.2 Å². The highest BCUT2D eigenvalue weighted by Gasteiger charge is 2.24. The van der Waals surface area contributed by atoms with Gasteiger partial charge in [0.1, 0.15) is 0 Å². The number of hydrogen-bond donors (Lipinski definition) is 3. The van der Waals surface area contributed by atoms with Crippen LogP contribution < -0.4 is 0 Å². The van der Waals surface area contributed by atoms with Gasteiger partial charge in [0, 0.05) is 21.3 Å². The van der Waals surface area contributed by atoms with E-state index < -0.39 is 0 Å². The van der Waals surface area contributed by atoms with E-state index in [2.05, 4.69) is 126 Å². The molecule has 1 aliphatic rings. The Labute approximate surface area is 242 Å². The van der Waals surface area contributed by atoms with E-state index >= 15 is 0 Å². The molecule has 4 unspecified atom stereocenters. The molecule has 4 rings (SSSR count). The highest BCUT2D eigenvalue weighted by Crippen LogP contribution is 2.36. The SMILES string of the molecule is CC.CC1Cc2ccccc2C1C.CCC(C)c1ccccc1.CCC(C)c1ccccc1.CO.CO.CO. The van der Waals surface area contributed by atoms with Crippen molar-refractivity contribution in [1.82, 2.24) is 0 Å². The van der Waals surface area contributed by atoms with Gasteiger partial charge in [0.15, 0.2) is 0 Å². The Morgan fingerprint density at radius 3 is 1.26 bits per heavy atom. The summed E-state index contributed by atoms with van der Waals surface area (Å²) in [4.78, 5) is 0. The number of fused-ring (bicyclic) bond motifs is 1. The minimum atomic E-state index is 0.709. The lowest BCUT2D eigenvalue weighted by Crippen LogP contribution is -1.97. The molecule has 222 valence electrons. The van der Waals surface area contributed by atoms with Crippen LogP contribution in [0.3, 0.4) is 0 Å². The molecule has 3 aromatic carbocycles. The average molecular weight is 541 g/mol. The van der Waals surface area contributed by atoms with E-state index in [1.165, 1.54) is 30.4 Å². The summed E-state index contributed by atoms with van der Waals surface area (Å²) in [5.41, 5.74) is 6.03. The van der Waals surface area contributed by atoms with Crippen LogP contribution in [-0.4, -0.2) is 36.6 Å². The summed E-state index contributed by atoms with van der Waals surface area (Å²) in [6.45, 7) is 17.6. The third kappa shape index (κ3) is 17.0. The van der Waals surface area contributed by atoms with Gasteiger partial charge >= 0.3 is 0 Å². The minimum Gasteiger partial charge on any atom is -0.400 e. The summed E-state index contributed by atoms with van der Waals surface area (Å²) in [5, 5.41) is 21.0. The van der Waals surface area contributed by atoms with Gasteiger partial charge < -0.3 is 15.3 Å². The normalized spacial score (nSPS) is 15.3. The third-order valence-electron chi connectivity index (χ3n) is 6.90. The van der Waals surface area contributed by atoms with Crippen LogP contribution in [0.15, 0.2) is 84.9 Å². The van der Waals surface area contributed by atoms with Crippen LogP contribution in [0.4, 0.5) is 0 Å². The van der Waals surface area contributed by atoms with E-state index in [9.17, 15) is 0 Å². The van der Waals surface area contributed by atoms with Gasteiger partial charge in [-0.15, -0.1) is 0 Å². The lowest BCUT2D eigenvalue weighted by Gasteiger charge is -2.08. The molecule has 0 saturated heterocycles. The molecule has 1 aliphatic carbocycles. The van der Waals surface area contributed by atoms with E-state index in [1.807, 2.05) is 13.8 Å². The molecule has 0 fully saturated rings. The van der Waals surface area contributed by atoms with E-state index in [4.69, 9.17) is 15.3 Å². The first-order chi connectivity index (χ1) is 19.0. The number of hydrogen-bond acceptors (Lipinski definition) is 3. The third-order valence-corrected chi connectivity index (χ3v) is 6.90. The summed E-state index contributed by atoms with van der Waals surface area (Å²) < 4.78 is 0. The summed E-state index contributed by atoms with van der Waals surface area (Å²) in [6, 6.07) is 30.1. The van der Waals surface area contributed by atoms with E-state index in [0.29, 0.717) is 11.8 Å². The van der Waals surface area contributed by atoms with Crippen molar-refractivity contribution in [3.05, 3.63) is 107 Å². The number of aliphatic hydroxyl groups excluding tert-OH is 3. The fraction of sp³-hybridized carbons (Fsp3) is 0.500. The first-order valence-electron chi connectivity index (χ1n) is 14.5. The second-order valence-corrected chi connectivity index (χ2v) is 9.11. The Morgan fingerprint density at radius 1 is 0.590 bits per heavy atom. The predicted molar refractivity (Wildman–Crippen MR) is 174 cm³/mol. The maximum Gasteiger partial charge on any atom is 0.0319 e. The average Bonchev–Trinajstić information content (AvgIpc) is 3.34. The van der Waals surface area contributed by atoms with Gasteiger partial charge in [0.25, 0.3) is 0 Å². The van der Waals surface area contributed by atoms with Crippen LogP contribution in [0.25, 0.3) is 0 Å². The molecule has 0 aliphatic heterocycles.